The van der Waals surface area contributed by atoms with Crippen LogP contribution < -0.4 is 9.47 Å². The summed E-state index contributed by atoms with van der Waals surface area (Å²) in [6.07, 6.45) is 7.45. The van der Waals surface area contributed by atoms with Crippen molar-refractivity contribution in [3.63, 3.8) is 0 Å². The predicted molar refractivity (Wildman–Crippen MR) is 148 cm³/mol. The Hall–Kier alpha value is -4.90. The minimum atomic E-state index is 0.824. The fourth-order valence-corrected chi connectivity index (χ4v) is 5.22. The number of methoxy groups -OCH3 is 2. The van der Waals surface area contributed by atoms with E-state index in [-0.39, 0.29) is 0 Å². The summed E-state index contributed by atoms with van der Waals surface area (Å²) in [4.78, 5) is 8.85. The maximum atomic E-state index is 6.64. The summed E-state index contributed by atoms with van der Waals surface area (Å²) < 4.78 is 17.4. The molecule has 0 saturated carbocycles. The Balaban J connectivity index is 1.59. The summed E-state index contributed by atoms with van der Waals surface area (Å²) in [6.45, 7) is 0. The van der Waals surface area contributed by atoms with Gasteiger partial charge in [-0.15, -0.1) is 0 Å². The normalized spacial score (nSPS) is 11.5. The van der Waals surface area contributed by atoms with E-state index in [1.54, 1.807) is 14.2 Å². The molecular weight excluding hydrogens is 460 g/mol. The highest BCUT2D eigenvalue weighted by molar-refractivity contribution is 6.24. The van der Waals surface area contributed by atoms with Gasteiger partial charge in [-0.2, -0.15) is 0 Å². The molecule has 0 amide bonds. The molecule has 0 aliphatic rings. The third-order valence-corrected chi connectivity index (χ3v) is 7.07. The average Bonchev–Trinajstić information content (AvgIpc) is 3.35. The third-order valence-electron chi connectivity index (χ3n) is 7.07. The summed E-state index contributed by atoms with van der Waals surface area (Å²) in [5.74, 6) is 1.65. The number of rotatable bonds is 4. The van der Waals surface area contributed by atoms with Crippen LogP contribution >= 0.6 is 0 Å². The van der Waals surface area contributed by atoms with Crippen molar-refractivity contribution < 1.29 is 13.9 Å². The van der Waals surface area contributed by atoms with E-state index in [4.69, 9.17) is 13.9 Å². The fraction of sp³-hybridized carbons (Fsp3) is 0.0625. The van der Waals surface area contributed by atoms with Gasteiger partial charge in [-0.05, 0) is 70.8 Å². The van der Waals surface area contributed by atoms with Gasteiger partial charge in [-0.25, -0.2) is 0 Å². The van der Waals surface area contributed by atoms with Crippen LogP contribution in [0.2, 0.25) is 0 Å². The molecule has 3 heterocycles. The molecule has 0 N–H and O–H groups in total. The Bertz CT molecular complexity index is 1800. The fourth-order valence-electron chi connectivity index (χ4n) is 5.22. The Morgan fingerprint density at radius 3 is 1.35 bits per heavy atom. The topological polar surface area (TPSA) is 57.4 Å². The van der Waals surface area contributed by atoms with Crippen molar-refractivity contribution in [3.8, 4) is 33.8 Å². The zero-order valence-corrected chi connectivity index (χ0v) is 20.4. The highest BCUT2D eigenvalue weighted by atomic mass is 16.5. The summed E-state index contributed by atoms with van der Waals surface area (Å²) >= 11 is 0. The van der Waals surface area contributed by atoms with E-state index in [2.05, 4.69) is 46.4 Å². The molecule has 178 valence electrons. The number of pyridine rings is 2. The maximum absolute atomic E-state index is 6.64. The largest absolute Gasteiger partial charge is 0.497 e. The van der Waals surface area contributed by atoms with Crippen LogP contribution in [-0.2, 0) is 0 Å². The number of fused-ring (bicyclic) bond motifs is 7. The Morgan fingerprint density at radius 1 is 0.514 bits per heavy atom. The molecule has 0 aliphatic carbocycles. The van der Waals surface area contributed by atoms with E-state index in [9.17, 15) is 0 Å². The molecule has 5 heteroatoms. The first kappa shape index (κ1) is 21.4. The lowest BCUT2D eigenvalue weighted by Gasteiger charge is -2.09. The molecule has 0 spiro atoms. The first-order valence-electron chi connectivity index (χ1n) is 12.0. The van der Waals surface area contributed by atoms with Crippen LogP contribution in [0.25, 0.3) is 65.7 Å². The van der Waals surface area contributed by atoms with Crippen molar-refractivity contribution in [2.75, 3.05) is 14.2 Å². The van der Waals surface area contributed by atoms with Gasteiger partial charge in [-0.3, -0.25) is 9.97 Å². The van der Waals surface area contributed by atoms with Gasteiger partial charge in [-0.1, -0.05) is 24.3 Å². The van der Waals surface area contributed by atoms with Gasteiger partial charge in [0.25, 0.3) is 0 Å². The van der Waals surface area contributed by atoms with Crippen molar-refractivity contribution >= 4 is 43.5 Å². The summed E-state index contributed by atoms with van der Waals surface area (Å²) in [7, 11) is 3.36. The number of benzene rings is 4. The summed E-state index contributed by atoms with van der Waals surface area (Å²) in [5.41, 5.74) is 6.10. The highest BCUT2D eigenvalue weighted by Gasteiger charge is 2.19. The Labute approximate surface area is 212 Å². The van der Waals surface area contributed by atoms with Gasteiger partial charge < -0.3 is 13.9 Å². The number of nitrogens with zero attached hydrogens (tertiary/aromatic N) is 2. The molecule has 0 fully saturated rings. The smallest absolute Gasteiger partial charge is 0.143 e. The van der Waals surface area contributed by atoms with Crippen LogP contribution in [0.15, 0.2) is 102 Å². The van der Waals surface area contributed by atoms with E-state index in [0.717, 1.165) is 77.2 Å². The molecule has 7 rings (SSSR count). The highest BCUT2D eigenvalue weighted by Crippen LogP contribution is 2.44. The third kappa shape index (κ3) is 3.32. The molecule has 3 aromatic heterocycles. The second-order valence-corrected chi connectivity index (χ2v) is 9.00. The van der Waals surface area contributed by atoms with Crippen molar-refractivity contribution in [2.45, 2.75) is 0 Å². The molecular formula is C32H22N2O3. The predicted octanol–water partition coefficient (Wildman–Crippen LogP) is 8.03. The van der Waals surface area contributed by atoms with E-state index >= 15 is 0 Å². The molecule has 4 aromatic carbocycles. The molecule has 37 heavy (non-hydrogen) atoms. The van der Waals surface area contributed by atoms with Crippen LogP contribution in [0.4, 0.5) is 0 Å². The molecule has 0 saturated heterocycles. The van der Waals surface area contributed by atoms with Gasteiger partial charge >= 0.3 is 0 Å². The lowest BCUT2D eigenvalue weighted by atomic mass is 9.94. The quantitative estimate of drug-likeness (QED) is 0.254. The molecule has 0 unspecified atom stereocenters. The van der Waals surface area contributed by atoms with Crippen LogP contribution in [0.1, 0.15) is 0 Å². The summed E-state index contributed by atoms with van der Waals surface area (Å²) in [5, 5.41) is 6.27. The van der Waals surface area contributed by atoms with Crippen LogP contribution in [0, 0.1) is 0 Å². The second kappa shape index (κ2) is 8.35. The van der Waals surface area contributed by atoms with Crippen molar-refractivity contribution in [2.24, 2.45) is 0 Å². The molecule has 0 aliphatic heterocycles. The zero-order valence-electron chi connectivity index (χ0n) is 20.4. The summed E-state index contributed by atoms with van der Waals surface area (Å²) in [6, 6.07) is 24.8. The van der Waals surface area contributed by atoms with Gasteiger partial charge in [0.05, 0.1) is 14.2 Å². The van der Waals surface area contributed by atoms with Crippen molar-refractivity contribution in [1.29, 1.82) is 0 Å². The lowest BCUT2D eigenvalue weighted by Crippen LogP contribution is -1.87. The minimum absolute atomic E-state index is 0.824. The molecule has 0 radical (unpaired) electrons. The number of aromatic nitrogens is 2. The SMILES string of the molecule is COc1ccc(-c2cc3c4cc(-c5ccc(OC)cc5)c5cnccc5c4oc3c3ccncc23)cc1. The van der Waals surface area contributed by atoms with Crippen molar-refractivity contribution in [3.05, 3.63) is 97.6 Å². The second-order valence-electron chi connectivity index (χ2n) is 9.00. The number of hydrogen-bond acceptors (Lipinski definition) is 5. The van der Waals surface area contributed by atoms with Gasteiger partial charge in [0.1, 0.15) is 22.7 Å². The Kier molecular flexibility index (Phi) is 4.83. The van der Waals surface area contributed by atoms with Crippen LogP contribution in [0.3, 0.4) is 0 Å². The zero-order chi connectivity index (χ0) is 24.9. The van der Waals surface area contributed by atoms with Gasteiger partial charge in [0.15, 0.2) is 0 Å². The van der Waals surface area contributed by atoms with Gasteiger partial charge in [0, 0.05) is 57.1 Å². The lowest BCUT2D eigenvalue weighted by molar-refractivity contribution is 0.415. The number of hydrogen-bond donors (Lipinski definition) is 0. The molecule has 0 atom stereocenters. The van der Waals surface area contributed by atoms with Gasteiger partial charge in [0.2, 0.25) is 0 Å². The molecule has 0 bridgehead atoms. The first-order valence-corrected chi connectivity index (χ1v) is 12.0. The van der Waals surface area contributed by atoms with Crippen LogP contribution in [0.5, 0.6) is 11.5 Å². The maximum Gasteiger partial charge on any atom is 0.143 e. The standard InChI is InChI=1S/C32H22N2O3/c1-35-21-7-3-19(4-8-21)25-15-27-28-16-26(20-5-9-22(36-2)10-6-20)30-18-34-14-12-24(30)32(28)37-31(27)23-11-13-33-17-29(23)25/h3-18H,1-2H3. The first-order chi connectivity index (χ1) is 18.2. The monoisotopic (exact) mass is 482 g/mol. The van der Waals surface area contributed by atoms with Crippen LogP contribution in [-0.4, -0.2) is 24.2 Å². The van der Waals surface area contributed by atoms with Crippen molar-refractivity contribution in [1.82, 2.24) is 9.97 Å². The molecule has 5 nitrogen and oxygen atoms in total. The van der Waals surface area contributed by atoms with E-state index in [1.807, 2.05) is 61.2 Å². The van der Waals surface area contributed by atoms with E-state index in [1.165, 1.54) is 0 Å². The average molecular weight is 483 g/mol. The molecule has 7 aromatic rings. The minimum Gasteiger partial charge on any atom is -0.497 e. The van der Waals surface area contributed by atoms with E-state index < -0.39 is 0 Å². The number of ether oxygens (including phenoxy) is 2. The Morgan fingerprint density at radius 2 is 0.946 bits per heavy atom. The number of furan rings is 1. The van der Waals surface area contributed by atoms with E-state index in [0.29, 0.717) is 0 Å².